The van der Waals surface area contributed by atoms with Crippen LogP contribution in [-0.4, -0.2) is 22.7 Å². The third kappa shape index (κ3) is 2.95. The summed E-state index contributed by atoms with van der Waals surface area (Å²) in [6, 6.07) is 1.94. The predicted molar refractivity (Wildman–Crippen MR) is 68.4 cm³/mol. The normalized spacial score (nSPS) is 25.4. The summed E-state index contributed by atoms with van der Waals surface area (Å²) >= 11 is 3.45. The third-order valence-corrected chi connectivity index (χ3v) is 3.83. The van der Waals surface area contributed by atoms with E-state index in [0.29, 0.717) is 5.92 Å². The number of aliphatic hydroxyl groups is 1. The van der Waals surface area contributed by atoms with Gasteiger partial charge in [-0.25, -0.2) is 0 Å². The predicted octanol–water partition coefficient (Wildman–Crippen LogP) is 2.81. The summed E-state index contributed by atoms with van der Waals surface area (Å²) in [6.07, 6.45) is 7.88. The highest BCUT2D eigenvalue weighted by molar-refractivity contribution is 9.10. The molecule has 2 unspecified atom stereocenters. The molecule has 88 valence electrons. The van der Waals surface area contributed by atoms with E-state index in [2.05, 4.69) is 26.2 Å². The molecule has 0 aromatic carbocycles. The molecule has 2 N–H and O–H groups in total. The zero-order valence-electron chi connectivity index (χ0n) is 9.19. The average molecular weight is 285 g/mol. The molecule has 0 saturated heterocycles. The van der Waals surface area contributed by atoms with Gasteiger partial charge in [0.25, 0.3) is 0 Å². The number of pyridine rings is 1. The molecule has 0 radical (unpaired) electrons. The molecule has 2 rings (SSSR count). The van der Waals surface area contributed by atoms with Crippen molar-refractivity contribution in [2.24, 2.45) is 5.92 Å². The fourth-order valence-electron chi connectivity index (χ4n) is 2.19. The maximum Gasteiger partial charge on any atom is 0.0590 e. The van der Waals surface area contributed by atoms with Crippen LogP contribution in [0.1, 0.15) is 25.7 Å². The van der Waals surface area contributed by atoms with Crippen molar-refractivity contribution in [3.8, 4) is 0 Å². The zero-order chi connectivity index (χ0) is 11.4. The molecular weight excluding hydrogens is 268 g/mol. The summed E-state index contributed by atoms with van der Waals surface area (Å²) in [6.45, 7) is 0.837. The van der Waals surface area contributed by atoms with Crippen LogP contribution in [0.5, 0.6) is 0 Å². The van der Waals surface area contributed by atoms with Gasteiger partial charge in [-0.3, -0.25) is 4.98 Å². The first-order chi connectivity index (χ1) is 7.77. The Morgan fingerprint density at radius 1 is 1.44 bits per heavy atom. The highest BCUT2D eigenvalue weighted by atomic mass is 79.9. The number of aromatic nitrogens is 1. The summed E-state index contributed by atoms with van der Waals surface area (Å²) < 4.78 is 0.972. The highest BCUT2D eigenvalue weighted by Gasteiger charge is 2.22. The van der Waals surface area contributed by atoms with Gasteiger partial charge in [0, 0.05) is 24.9 Å². The van der Waals surface area contributed by atoms with Crippen LogP contribution < -0.4 is 5.32 Å². The van der Waals surface area contributed by atoms with Crippen molar-refractivity contribution in [2.75, 3.05) is 11.9 Å². The number of nitrogens with zero attached hydrogens (tertiary/aromatic N) is 1. The lowest BCUT2D eigenvalue weighted by molar-refractivity contribution is 0.0763. The van der Waals surface area contributed by atoms with E-state index in [1.807, 2.05) is 6.07 Å². The molecule has 0 spiro atoms. The Kier molecular flexibility index (Phi) is 4.18. The van der Waals surface area contributed by atoms with Crippen molar-refractivity contribution in [3.63, 3.8) is 0 Å². The van der Waals surface area contributed by atoms with Crippen molar-refractivity contribution in [3.05, 3.63) is 22.9 Å². The van der Waals surface area contributed by atoms with Crippen LogP contribution in [0.2, 0.25) is 0 Å². The second-order valence-corrected chi connectivity index (χ2v) is 5.20. The standard InChI is InChI=1S/C12H17BrN2O/c13-10-8-14-6-5-11(10)15-7-9-3-1-2-4-12(9)16/h5-6,8-9,12,16H,1-4,7H2,(H,14,15). The van der Waals surface area contributed by atoms with Crippen LogP contribution in [0.3, 0.4) is 0 Å². The van der Waals surface area contributed by atoms with Gasteiger partial charge in [-0.05, 0) is 34.8 Å². The molecule has 2 atom stereocenters. The number of aliphatic hydroxyl groups excluding tert-OH is 1. The second kappa shape index (κ2) is 5.64. The van der Waals surface area contributed by atoms with Gasteiger partial charge < -0.3 is 10.4 Å². The van der Waals surface area contributed by atoms with E-state index in [9.17, 15) is 5.11 Å². The van der Waals surface area contributed by atoms with Crippen LogP contribution >= 0.6 is 15.9 Å². The molecule has 3 nitrogen and oxygen atoms in total. The third-order valence-electron chi connectivity index (χ3n) is 3.20. The maximum absolute atomic E-state index is 9.85. The van der Waals surface area contributed by atoms with E-state index in [1.54, 1.807) is 12.4 Å². The fraction of sp³-hybridized carbons (Fsp3) is 0.583. The van der Waals surface area contributed by atoms with Crippen LogP contribution in [-0.2, 0) is 0 Å². The molecule has 1 saturated carbocycles. The lowest BCUT2D eigenvalue weighted by atomic mass is 9.86. The van der Waals surface area contributed by atoms with E-state index in [0.717, 1.165) is 36.0 Å². The smallest absolute Gasteiger partial charge is 0.0590 e. The average Bonchev–Trinajstić information content (AvgIpc) is 2.30. The van der Waals surface area contributed by atoms with Crippen LogP contribution in [0.4, 0.5) is 5.69 Å². The van der Waals surface area contributed by atoms with Crippen molar-refractivity contribution < 1.29 is 5.11 Å². The van der Waals surface area contributed by atoms with Crippen LogP contribution in [0.25, 0.3) is 0 Å². The number of rotatable bonds is 3. The summed E-state index contributed by atoms with van der Waals surface area (Å²) in [5, 5.41) is 13.2. The van der Waals surface area contributed by atoms with Gasteiger partial charge in [0.05, 0.1) is 16.3 Å². The van der Waals surface area contributed by atoms with Gasteiger partial charge in [0.1, 0.15) is 0 Å². The van der Waals surface area contributed by atoms with E-state index < -0.39 is 0 Å². The molecule has 1 aromatic heterocycles. The van der Waals surface area contributed by atoms with Crippen molar-refractivity contribution in [1.82, 2.24) is 4.98 Å². The van der Waals surface area contributed by atoms with Gasteiger partial charge >= 0.3 is 0 Å². The molecule has 1 aromatic rings. The molecule has 1 heterocycles. The lowest BCUT2D eigenvalue weighted by Gasteiger charge is -2.28. The van der Waals surface area contributed by atoms with Gasteiger partial charge in [-0.2, -0.15) is 0 Å². The minimum atomic E-state index is -0.137. The Hall–Kier alpha value is -0.610. The van der Waals surface area contributed by atoms with Gasteiger partial charge in [0.2, 0.25) is 0 Å². The van der Waals surface area contributed by atoms with Crippen molar-refractivity contribution >= 4 is 21.6 Å². The van der Waals surface area contributed by atoms with Crippen LogP contribution in [0, 0.1) is 5.92 Å². The van der Waals surface area contributed by atoms with E-state index in [1.165, 1.54) is 6.42 Å². The molecule has 1 aliphatic carbocycles. The molecule has 1 aliphatic rings. The Bertz CT molecular complexity index is 346. The second-order valence-electron chi connectivity index (χ2n) is 4.35. The maximum atomic E-state index is 9.85. The first kappa shape index (κ1) is 11.9. The quantitative estimate of drug-likeness (QED) is 0.897. The number of halogens is 1. The first-order valence-electron chi connectivity index (χ1n) is 5.79. The minimum absolute atomic E-state index is 0.137. The molecule has 16 heavy (non-hydrogen) atoms. The Labute approximate surface area is 104 Å². The molecule has 4 heteroatoms. The topological polar surface area (TPSA) is 45.1 Å². The first-order valence-corrected chi connectivity index (χ1v) is 6.58. The number of hydrogen-bond donors (Lipinski definition) is 2. The fourth-order valence-corrected chi connectivity index (χ4v) is 2.58. The monoisotopic (exact) mass is 284 g/mol. The largest absolute Gasteiger partial charge is 0.393 e. The summed E-state index contributed by atoms with van der Waals surface area (Å²) in [5.74, 6) is 0.383. The Balaban J connectivity index is 1.89. The van der Waals surface area contributed by atoms with E-state index in [-0.39, 0.29) is 6.10 Å². The van der Waals surface area contributed by atoms with E-state index >= 15 is 0 Å². The van der Waals surface area contributed by atoms with Crippen molar-refractivity contribution in [2.45, 2.75) is 31.8 Å². The zero-order valence-corrected chi connectivity index (χ0v) is 10.8. The number of anilines is 1. The summed E-state index contributed by atoms with van der Waals surface area (Å²) in [5.41, 5.74) is 1.05. The molecule has 0 bridgehead atoms. The van der Waals surface area contributed by atoms with Gasteiger partial charge in [-0.1, -0.05) is 12.8 Å². The molecular formula is C12H17BrN2O. The minimum Gasteiger partial charge on any atom is -0.393 e. The van der Waals surface area contributed by atoms with Crippen molar-refractivity contribution in [1.29, 1.82) is 0 Å². The number of hydrogen-bond acceptors (Lipinski definition) is 3. The summed E-state index contributed by atoms with van der Waals surface area (Å²) in [7, 11) is 0. The van der Waals surface area contributed by atoms with Gasteiger partial charge in [-0.15, -0.1) is 0 Å². The Morgan fingerprint density at radius 3 is 3.00 bits per heavy atom. The lowest BCUT2D eigenvalue weighted by Crippen LogP contribution is -2.30. The molecule has 0 amide bonds. The number of nitrogens with one attached hydrogen (secondary N) is 1. The Morgan fingerprint density at radius 2 is 2.25 bits per heavy atom. The van der Waals surface area contributed by atoms with Crippen LogP contribution in [0.15, 0.2) is 22.9 Å². The SMILES string of the molecule is OC1CCCCC1CNc1ccncc1Br. The molecule has 1 fully saturated rings. The highest BCUT2D eigenvalue weighted by Crippen LogP contribution is 2.26. The summed E-state index contributed by atoms with van der Waals surface area (Å²) in [4.78, 5) is 4.02. The van der Waals surface area contributed by atoms with Gasteiger partial charge in [0.15, 0.2) is 0 Å². The molecule has 0 aliphatic heterocycles. The van der Waals surface area contributed by atoms with E-state index in [4.69, 9.17) is 0 Å².